The van der Waals surface area contributed by atoms with Crippen LogP contribution < -0.4 is 10.2 Å². The topological polar surface area (TPSA) is 82.2 Å². The lowest BCUT2D eigenvalue weighted by atomic mass is 9.87. The lowest BCUT2D eigenvalue weighted by Gasteiger charge is -2.42. The number of nitrogens with zero attached hydrogens (tertiary/aromatic N) is 3. The average Bonchev–Trinajstić information content (AvgIpc) is 2.85. The highest BCUT2D eigenvalue weighted by Crippen LogP contribution is 2.39. The molecule has 38 heavy (non-hydrogen) atoms. The number of hydrogen-bond acceptors (Lipinski definition) is 5. The molecule has 0 aromatic heterocycles. The summed E-state index contributed by atoms with van der Waals surface area (Å²) in [6.07, 6.45) is -1.80. The Bertz CT molecular complexity index is 1210. The molecule has 2 fully saturated rings. The smallest absolute Gasteiger partial charge is 0.410 e. The van der Waals surface area contributed by atoms with E-state index in [0.29, 0.717) is 6.54 Å². The van der Waals surface area contributed by atoms with E-state index in [1.54, 1.807) is 19.2 Å². The summed E-state index contributed by atoms with van der Waals surface area (Å²) in [5.41, 5.74) is 0.246. The zero-order valence-corrected chi connectivity index (χ0v) is 21.6. The summed E-state index contributed by atoms with van der Waals surface area (Å²) in [6, 6.07) is 8.07. The number of nitrogens with one attached hydrogen (secondary N) is 1. The van der Waals surface area contributed by atoms with E-state index >= 15 is 0 Å². The van der Waals surface area contributed by atoms with Gasteiger partial charge in [0.05, 0.1) is 7.11 Å². The standard InChI is InChI=1S/C26H28ClF3N4O4/c1-32-10-11-33(25(37)38-2)21(15-32)24(36)34(18-7-5-6-16(28)12-18)22(19-8-3-4-9-20(19)27)23(35)31-17-13-26(29,30)14-17/h3-9,12,17,21-22H,10-11,13-15H2,1-2H3,(H,31,35)/t21?,22-/m0/s1. The second-order valence-electron chi connectivity index (χ2n) is 9.52. The Kier molecular flexibility index (Phi) is 8.17. The Hall–Kier alpha value is -3.31. The van der Waals surface area contributed by atoms with E-state index in [1.807, 2.05) is 4.90 Å². The number of ether oxygens (including phenoxy) is 1. The molecule has 2 atom stereocenters. The maximum atomic E-state index is 14.4. The number of anilines is 1. The molecule has 1 aliphatic heterocycles. The van der Waals surface area contributed by atoms with Crippen molar-refractivity contribution >= 4 is 35.2 Å². The second kappa shape index (κ2) is 11.2. The molecule has 3 amide bonds. The predicted octanol–water partition coefficient (Wildman–Crippen LogP) is 3.85. The van der Waals surface area contributed by atoms with Crippen molar-refractivity contribution < 1.29 is 32.3 Å². The predicted molar refractivity (Wildman–Crippen MR) is 135 cm³/mol. The Morgan fingerprint density at radius 3 is 2.47 bits per heavy atom. The van der Waals surface area contributed by atoms with Crippen molar-refractivity contribution in [3.05, 3.63) is 64.9 Å². The number of methoxy groups -OCH3 is 1. The number of amides is 3. The maximum absolute atomic E-state index is 14.4. The van der Waals surface area contributed by atoms with Gasteiger partial charge in [0.1, 0.15) is 17.9 Å². The van der Waals surface area contributed by atoms with E-state index in [0.717, 1.165) is 11.0 Å². The normalized spacial score (nSPS) is 20.3. The molecule has 12 heteroatoms. The second-order valence-corrected chi connectivity index (χ2v) is 9.93. The fourth-order valence-electron chi connectivity index (χ4n) is 4.79. The Balaban J connectivity index is 1.81. The number of carbonyl (C=O) groups excluding carboxylic acids is 3. The van der Waals surface area contributed by atoms with Crippen molar-refractivity contribution in [3.63, 3.8) is 0 Å². The molecule has 1 saturated heterocycles. The number of rotatable bonds is 6. The number of piperazine rings is 1. The molecule has 0 radical (unpaired) electrons. The highest BCUT2D eigenvalue weighted by Gasteiger charge is 2.48. The van der Waals surface area contributed by atoms with Crippen LogP contribution in [0, 0.1) is 5.82 Å². The lowest BCUT2D eigenvalue weighted by molar-refractivity contribution is -0.134. The van der Waals surface area contributed by atoms with E-state index in [2.05, 4.69) is 5.32 Å². The summed E-state index contributed by atoms with van der Waals surface area (Å²) in [6.45, 7) is 0.769. The minimum Gasteiger partial charge on any atom is -0.453 e. The highest BCUT2D eigenvalue weighted by atomic mass is 35.5. The van der Waals surface area contributed by atoms with Gasteiger partial charge in [-0.05, 0) is 31.3 Å². The van der Waals surface area contributed by atoms with Gasteiger partial charge in [-0.15, -0.1) is 0 Å². The van der Waals surface area contributed by atoms with Gasteiger partial charge in [-0.2, -0.15) is 0 Å². The molecule has 204 valence electrons. The van der Waals surface area contributed by atoms with E-state index < -0.39 is 60.6 Å². The molecule has 8 nitrogen and oxygen atoms in total. The van der Waals surface area contributed by atoms with Gasteiger partial charge in [0.2, 0.25) is 5.91 Å². The summed E-state index contributed by atoms with van der Waals surface area (Å²) in [5.74, 6) is -5.00. The zero-order chi connectivity index (χ0) is 27.6. The summed E-state index contributed by atoms with van der Waals surface area (Å²) in [7, 11) is 2.97. The third-order valence-electron chi connectivity index (χ3n) is 6.74. The van der Waals surface area contributed by atoms with Crippen molar-refractivity contribution in [1.82, 2.24) is 15.1 Å². The van der Waals surface area contributed by atoms with E-state index in [-0.39, 0.29) is 29.4 Å². The van der Waals surface area contributed by atoms with Crippen molar-refractivity contribution in [2.75, 3.05) is 38.7 Å². The van der Waals surface area contributed by atoms with Gasteiger partial charge < -0.3 is 15.0 Å². The van der Waals surface area contributed by atoms with Gasteiger partial charge in [-0.1, -0.05) is 35.9 Å². The third-order valence-corrected chi connectivity index (χ3v) is 7.09. The highest BCUT2D eigenvalue weighted by molar-refractivity contribution is 6.31. The first kappa shape index (κ1) is 27.7. The van der Waals surface area contributed by atoms with Crippen LogP contribution in [0.25, 0.3) is 0 Å². The number of halogens is 4. The molecule has 1 N–H and O–H groups in total. The van der Waals surface area contributed by atoms with Gasteiger partial charge in [0.15, 0.2) is 0 Å². The minimum atomic E-state index is -2.89. The fourth-order valence-corrected chi connectivity index (χ4v) is 5.03. The third kappa shape index (κ3) is 5.88. The molecule has 1 aliphatic carbocycles. The zero-order valence-electron chi connectivity index (χ0n) is 20.9. The molecular formula is C26H28ClF3N4O4. The van der Waals surface area contributed by atoms with Gasteiger partial charge in [-0.25, -0.2) is 18.0 Å². The molecule has 1 heterocycles. The van der Waals surface area contributed by atoms with Crippen LogP contribution >= 0.6 is 11.6 Å². The van der Waals surface area contributed by atoms with Crippen LogP contribution in [-0.2, 0) is 14.3 Å². The molecule has 0 bridgehead atoms. The van der Waals surface area contributed by atoms with Crippen LogP contribution in [-0.4, -0.2) is 79.5 Å². The molecule has 0 spiro atoms. The first-order chi connectivity index (χ1) is 18.0. The van der Waals surface area contributed by atoms with Crippen molar-refractivity contribution in [1.29, 1.82) is 0 Å². The van der Waals surface area contributed by atoms with Crippen molar-refractivity contribution in [2.24, 2.45) is 0 Å². The Labute approximate surface area is 223 Å². The molecule has 1 saturated carbocycles. The molecule has 1 unspecified atom stereocenters. The van der Waals surface area contributed by atoms with E-state index in [1.165, 1.54) is 42.3 Å². The number of carbonyl (C=O) groups is 3. The first-order valence-electron chi connectivity index (χ1n) is 12.0. The van der Waals surface area contributed by atoms with Gasteiger partial charge in [0, 0.05) is 54.8 Å². The number of benzene rings is 2. The largest absolute Gasteiger partial charge is 0.453 e. The number of likely N-dealkylation sites (N-methyl/N-ethyl adjacent to an activating group) is 1. The Morgan fingerprint density at radius 1 is 1.13 bits per heavy atom. The summed E-state index contributed by atoms with van der Waals surface area (Å²) in [4.78, 5) is 44.7. The van der Waals surface area contributed by atoms with Crippen molar-refractivity contribution in [2.45, 2.75) is 36.9 Å². The summed E-state index contributed by atoms with van der Waals surface area (Å²) >= 11 is 6.47. The van der Waals surface area contributed by atoms with Gasteiger partial charge >= 0.3 is 6.09 Å². The molecule has 2 aromatic rings. The van der Waals surface area contributed by atoms with E-state index in [9.17, 15) is 27.6 Å². The van der Waals surface area contributed by atoms with E-state index in [4.69, 9.17) is 16.3 Å². The van der Waals surface area contributed by atoms with Crippen LogP contribution in [0.2, 0.25) is 5.02 Å². The van der Waals surface area contributed by atoms with Crippen LogP contribution in [0.3, 0.4) is 0 Å². The van der Waals surface area contributed by atoms with Gasteiger partial charge in [0.25, 0.3) is 11.8 Å². The number of hydrogen-bond donors (Lipinski definition) is 1. The van der Waals surface area contributed by atoms with Crippen LogP contribution in [0.5, 0.6) is 0 Å². The maximum Gasteiger partial charge on any atom is 0.410 e. The number of alkyl halides is 2. The molecule has 2 aliphatic rings. The summed E-state index contributed by atoms with van der Waals surface area (Å²) < 4.78 is 46.3. The molecule has 4 rings (SSSR count). The average molecular weight is 553 g/mol. The van der Waals surface area contributed by atoms with Crippen LogP contribution in [0.4, 0.5) is 23.7 Å². The van der Waals surface area contributed by atoms with Crippen LogP contribution in [0.1, 0.15) is 24.4 Å². The SMILES string of the molecule is COC(=O)N1CCN(C)CC1C(=O)N(c1cccc(F)c1)[C@H](C(=O)NC1CC(F)(F)C1)c1ccccc1Cl. The molecule has 2 aromatic carbocycles. The quantitative estimate of drug-likeness (QED) is 0.589. The summed E-state index contributed by atoms with van der Waals surface area (Å²) in [5, 5.41) is 2.74. The Morgan fingerprint density at radius 2 is 1.84 bits per heavy atom. The van der Waals surface area contributed by atoms with Crippen LogP contribution in [0.15, 0.2) is 48.5 Å². The lowest BCUT2D eigenvalue weighted by Crippen LogP contribution is -2.62. The first-order valence-corrected chi connectivity index (χ1v) is 12.4. The minimum absolute atomic E-state index is 0.0343. The van der Waals surface area contributed by atoms with Crippen molar-refractivity contribution in [3.8, 4) is 0 Å². The monoisotopic (exact) mass is 552 g/mol. The fraction of sp³-hybridized carbons (Fsp3) is 0.423. The molecular weight excluding hydrogens is 525 g/mol. The van der Waals surface area contributed by atoms with Gasteiger partial charge in [-0.3, -0.25) is 19.4 Å².